The van der Waals surface area contributed by atoms with Crippen molar-refractivity contribution in [3.8, 4) is 0 Å². The Bertz CT molecular complexity index is 77.8. The quantitative estimate of drug-likeness (QED) is 0.496. The molecule has 3 heteroatoms. The van der Waals surface area contributed by atoms with Crippen LogP contribution in [0.25, 0.3) is 0 Å². The fraction of sp³-hybridized carbons (Fsp3) is 0.250. The van der Waals surface area contributed by atoms with E-state index in [4.69, 9.17) is 5.11 Å². The molecule has 7 heavy (non-hydrogen) atoms. The van der Waals surface area contributed by atoms with Gasteiger partial charge in [0, 0.05) is 33.4 Å². The largest absolute Gasteiger partial charge is 0.478 e. The molecule has 0 fully saturated rings. The van der Waals surface area contributed by atoms with Crippen molar-refractivity contribution < 1.29 is 37.2 Å². The molecule has 0 radical (unpaired) electrons. The first-order valence-corrected chi connectivity index (χ1v) is 1.63. The normalized spacial score (nSPS) is 8.14. The van der Waals surface area contributed by atoms with Crippen molar-refractivity contribution >= 4 is 5.97 Å². The predicted molar refractivity (Wildman–Crippen MR) is 22.4 cm³/mol. The molecule has 0 aromatic heterocycles. The third-order valence-corrected chi connectivity index (χ3v) is 0.309. The summed E-state index contributed by atoms with van der Waals surface area (Å²) in [7, 11) is 0. The molecule has 0 spiro atoms. The van der Waals surface area contributed by atoms with Gasteiger partial charge in [0.25, 0.3) is 0 Å². The molecule has 0 unspecified atom stereocenters. The maximum Gasteiger partial charge on any atom is 0.327 e. The Kier molecular flexibility index (Phi) is 8.92. The van der Waals surface area contributed by atoms with E-state index in [1.165, 1.54) is 6.08 Å². The van der Waals surface area contributed by atoms with Gasteiger partial charge in [-0.1, -0.05) is 6.08 Å². The van der Waals surface area contributed by atoms with Gasteiger partial charge < -0.3 is 5.11 Å². The van der Waals surface area contributed by atoms with Crippen molar-refractivity contribution in [2.45, 2.75) is 6.92 Å². The zero-order chi connectivity index (χ0) is 4.99. The fourth-order valence-electron chi connectivity index (χ4n) is 0.143. The van der Waals surface area contributed by atoms with Crippen LogP contribution in [0.4, 0.5) is 0 Å². The van der Waals surface area contributed by atoms with Gasteiger partial charge in [0.2, 0.25) is 0 Å². The molecule has 2 nitrogen and oxygen atoms in total. The average Bonchev–Trinajstić information content (AvgIpc) is 1.35. The van der Waals surface area contributed by atoms with Gasteiger partial charge in [-0.25, -0.2) is 4.79 Å². The van der Waals surface area contributed by atoms with E-state index < -0.39 is 5.97 Å². The fourth-order valence-corrected chi connectivity index (χ4v) is 0.143. The summed E-state index contributed by atoms with van der Waals surface area (Å²) in [5, 5.41) is 7.83. The van der Waals surface area contributed by atoms with Crippen LogP contribution >= 0.6 is 0 Å². The molecule has 1 N–H and O–H groups in total. The number of allylic oxidation sites excluding steroid dienone is 1. The second-order valence-electron chi connectivity index (χ2n) is 0.838. The standard InChI is InChI=1S/C4H6O2.Cd/c1-2-3-4(5)6;/h2-3H,1H3,(H,5,6);. The van der Waals surface area contributed by atoms with E-state index in [9.17, 15) is 4.79 Å². The Balaban J connectivity index is 0. The summed E-state index contributed by atoms with van der Waals surface area (Å²) in [5.74, 6) is -0.891. The van der Waals surface area contributed by atoms with E-state index in [2.05, 4.69) is 0 Å². The van der Waals surface area contributed by atoms with E-state index in [-0.39, 0.29) is 27.3 Å². The van der Waals surface area contributed by atoms with Crippen molar-refractivity contribution in [2.75, 3.05) is 0 Å². The van der Waals surface area contributed by atoms with Gasteiger partial charge >= 0.3 is 5.97 Å². The maximum absolute atomic E-state index is 9.51. The number of rotatable bonds is 1. The number of hydrogen-bond donors (Lipinski definition) is 1. The molecular weight excluding hydrogens is 192 g/mol. The van der Waals surface area contributed by atoms with Gasteiger partial charge in [0.15, 0.2) is 0 Å². The Morgan fingerprint density at radius 1 is 1.71 bits per heavy atom. The molecule has 0 amide bonds. The molecule has 0 aliphatic heterocycles. The average molecular weight is 199 g/mol. The van der Waals surface area contributed by atoms with Crippen LogP contribution in [0.5, 0.6) is 0 Å². The summed E-state index contributed by atoms with van der Waals surface area (Å²) < 4.78 is 0. The van der Waals surface area contributed by atoms with Gasteiger partial charge in [0.05, 0.1) is 0 Å². The molecule has 0 saturated heterocycles. The maximum atomic E-state index is 9.51. The van der Waals surface area contributed by atoms with Gasteiger partial charge in [0.1, 0.15) is 0 Å². The van der Waals surface area contributed by atoms with E-state index >= 15 is 0 Å². The summed E-state index contributed by atoms with van der Waals surface area (Å²) in [6, 6.07) is 0. The molecule has 0 heterocycles. The molecule has 0 aliphatic rings. The first-order valence-electron chi connectivity index (χ1n) is 1.63. The van der Waals surface area contributed by atoms with E-state index in [1.807, 2.05) is 0 Å². The monoisotopic (exact) mass is 200 g/mol. The first-order chi connectivity index (χ1) is 2.77. The number of carboxylic acids is 1. The van der Waals surface area contributed by atoms with Crippen LogP contribution in [-0.2, 0) is 32.1 Å². The Morgan fingerprint density at radius 2 is 2.14 bits per heavy atom. The van der Waals surface area contributed by atoms with E-state index in [1.54, 1.807) is 6.92 Å². The number of carbonyl (C=O) groups is 1. The van der Waals surface area contributed by atoms with Gasteiger partial charge in [-0.2, -0.15) is 0 Å². The zero-order valence-electron chi connectivity index (χ0n) is 4.22. The SMILES string of the molecule is CC=CC(=O)O.[Cd]. The van der Waals surface area contributed by atoms with Crippen LogP contribution in [0.15, 0.2) is 12.2 Å². The minimum absolute atomic E-state index is 0. The second-order valence-corrected chi connectivity index (χ2v) is 0.838. The van der Waals surface area contributed by atoms with Crippen LogP contribution in [0.1, 0.15) is 6.92 Å². The zero-order valence-corrected chi connectivity index (χ0v) is 8.25. The molecule has 0 aromatic carbocycles. The predicted octanol–water partition coefficient (Wildman–Crippen LogP) is 0.645. The third-order valence-electron chi connectivity index (χ3n) is 0.309. The molecule has 0 bridgehead atoms. The Morgan fingerprint density at radius 3 is 2.14 bits per heavy atom. The number of hydrogen-bond acceptors (Lipinski definition) is 1. The molecule has 0 aliphatic carbocycles. The summed E-state index contributed by atoms with van der Waals surface area (Å²) in [6.07, 6.45) is 2.56. The minimum atomic E-state index is -0.891. The number of aliphatic carboxylic acids is 1. The van der Waals surface area contributed by atoms with Crippen LogP contribution in [0.2, 0.25) is 0 Å². The van der Waals surface area contributed by atoms with Crippen LogP contribution in [-0.4, -0.2) is 11.1 Å². The second kappa shape index (κ2) is 6.13. The summed E-state index contributed by atoms with van der Waals surface area (Å²) in [5.41, 5.74) is 0. The molecule has 36 valence electrons. The van der Waals surface area contributed by atoms with Crippen molar-refractivity contribution in [3.05, 3.63) is 12.2 Å². The molecule has 0 rings (SSSR count). The van der Waals surface area contributed by atoms with Crippen molar-refractivity contribution in [1.29, 1.82) is 0 Å². The van der Waals surface area contributed by atoms with Gasteiger partial charge in [-0.05, 0) is 6.92 Å². The topological polar surface area (TPSA) is 37.3 Å². The molecule has 0 saturated carbocycles. The summed E-state index contributed by atoms with van der Waals surface area (Å²) in [4.78, 5) is 9.51. The van der Waals surface area contributed by atoms with Crippen LogP contribution in [0, 0.1) is 0 Å². The van der Waals surface area contributed by atoms with Crippen molar-refractivity contribution in [3.63, 3.8) is 0 Å². The number of carboxylic acid groups (broad SMARTS) is 1. The van der Waals surface area contributed by atoms with E-state index in [0.717, 1.165) is 6.08 Å². The third kappa shape index (κ3) is 10.7. The first kappa shape index (κ1) is 10.2. The van der Waals surface area contributed by atoms with Crippen molar-refractivity contribution in [1.82, 2.24) is 0 Å². The van der Waals surface area contributed by atoms with Gasteiger partial charge in [-0.15, -0.1) is 0 Å². The summed E-state index contributed by atoms with van der Waals surface area (Å²) in [6.45, 7) is 1.66. The molecular formula is C4H6CdO2. The van der Waals surface area contributed by atoms with Gasteiger partial charge in [-0.3, -0.25) is 0 Å². The molecule has 0 aromatic rings. The van der Waals surface area contributed by atoms with E-state index in [0.29, 0.717) is 0 Å². The van der Waals surface area contributed by atoms with Crippen LogP contribution < -0.4 is 0 Å². The molecule has 0 atom stereocenters. The minimum Gasteiger partial charge on any atom is -0.478 e. The van der Waals surface area contributed by atoms with Crippen LogP contribution in [0.3, 0.4) is 0 Å². The smallest absolute Gasteiger partial charge is 0.327 e. The Labute approximate surface area is 62.4 Å². The Hall–Kier alpha value is 0.132. The van der Waals surface area contributed by atoms with Crippen molar-refractivity contribution in [2.24, 2.45) is 0 Å². The summed E-state index contributed by atoms with van der Waals surface area (Å²) >= 11 is 0.